The van der Waals surface area contributed by atoms with Gasteiger partial charge in [-0.2, -0.15) is 12.6 Å². The van der Waals surface area contributed by atoms with Crippen molar-refractivity contribution in [3.8, 4) is 0 Å². The summed E-state index contributed by atoms with van der Waals surface area (Å²) in [5.74, 6) is 0. The van der Waals surface area contributed by atoms with E-state index in [2.05, 4.69) is 31.4 Å². The molecule has 0 N–H and O–H groups in total. The normalized spacial score (nSPS) is 15.8. The van der Waals surface area contributed by atoms with Crippen LogP contribution in [0.2, 0.25) is 0 Å². The lowest BCUT2D eigenvalue weighted by Gasteiger charge is -2.21. The van der Waals surface area contributed by atoms with Crippen LogP contribution in [0.3, 0.4) is 0 Å². The number of nitrogens with zero attached hydrogens (tertiary/aromatic N) is 1. The molecule has 0 aliphatic heterocycles. The minimum atomic E-state index is -1.69. The van der Waals surface area contributed by atoms with Crippen molar-refractivity contribution in [2.45, 2.75) is 25.8 Å². The Morgan fingerprint density at radius 2 is 1.93 bits per heavy atom. The fourth-order valence-electron chi connectivity index (χ4n) is 1.13. The molecule has 0 fully saturated rings. The number of hydrogen-bond acceptors (Lipinski definition) is 4. The van der Waals surface area contributed by atoms with Gasteiger partial charge in [0, 0.05) is 13.2 Å². The maximum absolute atomic E-state index is 11.6. The van der Waals surface area contributed by atoms with Crippen LogP contribution in [0.25, 0.3) is 0 Å². The van der Waals surface area contributed by atoms with Crippen LogP contribution in [0.5, 0.6) is 0 Å². The van der Waals surface area contributed by atoms with Crippen molar-refractivity contribution in [1.29, 1.82) is 0 Å². The van der Waals surface area contributed by atoms with Crippen LogP contribution in [0.1, 0.15) is 20.8 Å². The lowest BCUT2D eigenvalue weighted by atomic mass is 10.5. The molecule has 0 spiro atoms. The van der Waals surface area contributed by atoms with E-state index < -0.39 is 7.80 Å². The molecule has 14 heavy (non-hydrogen) atoms. The second-order valence-corrected chi connectivity index (χ2v) is 6.13. The fraction of sp³-hybridized carbons (Fsp3) is 1.00. The molecule has 3 nitrogen and oxygen atoms in total. The zero-order chi connectivity index (χ0) is 11.0. The Kier molecular flexibility index (Phi) is 9.09. The van der Waals surface area contributed by atoms with Crippen LogP contribution in [-0.2, 0) is 9.30 Å². The van der Waals surface area contributed by atoms with Crippen molar-refractivity contribution >= 4 is 20.4 Å². The third-order valence-electron chi connectivity index (χ3n) is 2.15. The van der Waals surface area contributed by atoms with Crippen LogP contribution in [0.15, 0.2) is 0 Å². The summed E-state index contributed by atoms with van der Waals surface area (Å²) in [6.07, 6.45) is 0.372. The first kappa shape index (κ1) is 14.5. The van der Waals surface area contributed by atoms with E-state index in [1.54, 1.807) is 0 Å². The molecule has 0 amide bonds. The molecular formula is C9H22NO2PS. The summed E-state index contributed by atoms with van der Waals surface area (Å²) >= 11 is 4.36. The smallest absolute Gasteiger partial charge is 0.114 e. The van der Waals surface area contributed by atoms with Crippen LogP contribution >= 0.6 is 20.4 Å². The highest BCUT2D eigenvalue weighted by Crippen LogP contribution is 2.31. The summed E-state index contributed by atoms with van der Waals surface area (Å²) in [5, 5.41) is 0. The molecule has 5 heteroatoms. The van der Waals surface area contributed by atoms with Gasteiger partial charge in [-0.05, 0) is 20.0 Å². The van der Waals surface area contributed by atoms with Crippen molar-refractivity contribution in [2.75, 3.05) is 32.6 Å². The Balaban J connectivity index is 3.81. The van der Waals surface area contributed by atoms with Crippen LogP contribution in [0.4, 0.5) is 0 Å². The molecule has 0 heterocycles. The van der Waals surface area contributed by atoms with Crippen molar-refractivity contribution in [3.63, 3.8) is 0 Å². The van der Waals surface area contributed by atoms with Gasteiger partial charge in [0.1, 0.15) is 7.80 Å². The highest BCUT2D eigenvalue weighted by Gasteiger charge is 2.14. The highest BCUT2D eigenvalue weighted by atomic mass is 32.1. The third kappa shape index (κ3) is 6.07. The zero-order valence-electron chi connectivity index (χ0n) is 9.32. The van der Waals surface area contributed by atoms with E-state index in [4.69, 9.17) is 4.74 Å². The zero-order valence-corrected chi connectivity index (χ0v) is 11.2. The van der Waals surface area contributed by atoms with Gasteiger partial charge < -0.3 is 14.2 Å². The molecule has 0 bridgehead atoms. The molecule has 0 aromatic heterocycles. The Hall–Kier alpha value is 0.500. The van der Waals surface area contributed by atoms with Gasteiger partial charge in [-0.25, -0.2) is 0 Å². The molecule has 0 aromatic rings. The summed E-state index contributed by atoms with van der Waals surface area (Å²) in [7, 11) is -1.69. The molecular weight excluding hydrogens is 217 g/mol. The minimum Gasteiger partial charge on any atom is -0.374 e. The highest BCUT2D eigenvalue weighted by molar-refractivity contribution is 7.88. The standard InChI is InChI=1S/C9H22NO2PS/c1-4-10(5-2)7-9(14)13(11)8-12-6-3/h9,13-14H,4-8H2,1-3H3. The van der Waals surface area contributed by atoms with Crippen molar-refractivity contribution in [2.24, 2.45) is 0 Å². The fourth-order valence-corrected chi connectivity index (χ4v) is 2.64. The summed E-state index contributed by atoms with van der Waals surface area (Å²) in [6, 6.07) is 0. The molecule has 0 aliphatic carbocycles. The quantitative estimate of drug-likeness (QED) is 0.520. The van der Waals surface area contributed by atoms with E-state index >= 15 is 0 Å². The van der Waals surface area contributed by atoms with E-state index in [0.717, 1.165) is 19.6 Å². The van der Waals surface area contributed by atoms with Gasteiger partial charge in [0.15, 0.2) is 0 Å². The number of ether oxygens (including phenoxy) is 1. The molecule has 2 atom stereocenters. The first-order valence-electron chi connectivity index (χ1n) is 5.16. The lowest BCUT2D eigenvalue weighted by Crippen LogP contribution is -2.28. The SMILES string of the molecule is CCOC[PH](=O)C(S)CN(CC)CC. The predicted octanol–water partition coefficient (Wildman–Crippen LogP) is 2.14. The average molecular weight is 239 g/mol. The summed E-state index contributed by atoms with van der Waals surface area (Å²) < 4.78 is 16.8. The molecule has 2 unspecified atom stereocenters. The monoisotopic (exact) mass is 239 g/mol. The third-order valence-corrected chi connectivity index (χ3v) is 4.59. The molecule has 0 aromatic carbocycles. The first-order chi connectivity index (χ1) is 6.65. The number of hydrogen-bond donors (Lipinski definition) is 1. The number of thiol groups is 1. The van der Waals surface area contributed by atoms with Gasteiger partial charge in [-0.1, -0.05) is 13.8 Å². The maximum atomic E-state index is 11.6. The first-order valence-corrected chi connectivity index (χ1v) is 7.37. The average Bonchev–Trinajstić information content (AvgIpc) is 2.21. The molecule has 86 valence electrons. The van der Waals surface area contributed by atoms with Gasteiger partial charge in [-0.3, -0.25) is 0 Å². The Bertz CT molecular complexity index is 165. The second-order valence-electron chi connectivity index (χ2n) is 3.11. The Morgan fingerprint density at radius 3 is 2.36 bits per heavy atom. The maximum Gasteiger partial charge on any atom is 0.114 e. The molecule has 0 radical (unpaired) electrons. The van der Waals surface area contributed by atoms with Crippen LogP contribution < -0.4 is 0 Å². The van der Waals surface area contributed by atoms with E-state index in [-0.39, 0.29) is 4.99 Å². The van der Waals surface area contributed by atoms with Crippen molar-refractivity contribution in [3.05, 3.63) is 0 Å². The van der Waals surface area contributed by atoms with Gasteiger partial charge in [0.05, 0.1) is 11.3 Å². The topological polar surface area (TPSA) is 29.5 Å². The van der Waals surface area contributed by atoms with Gasteiger partial charge >= 0.3 is 0 Å². The van der Waals surface area contributed by atoms with Crippen LogP contribution in [0, 0.1) is 0 Å². The summed E-state index contributed by atoms with van der Waals surface area (Å²) in [6.45, 7) is 9.50. The molecule has 0 aliphatic rings. The van der Waals surface area contributed by atoms with Gasteiger partial charge in [-0.15, -0.1) is 0 Å². The van der Waals surface area contributed by atoms with Crippen LogP contribution in [-0.4, -0.2) is 42.5 Å². The minimum absolute atomic E-state index is 0.0357. The summed E-state index contributed by atoms with van der Waals surface area (Å²) in [4.78, 5) is 2.19. The largest absolute Gasteiger partial charge is 0.374 e. The predicted molar refractivity (Wildman–Crippen MR) is 66.1 cm³/mol. The van der Waals surface area contributed by atoms with E-state index in [9.17, 15) is 4.57 Å². The van der Waals surface area contributed by atoms with Crippen molar-refractivity contribution < 1.29 is 9.30 Å². The second kappa shape index (κ2) is 8.78. The molecule has 0 saturated carbocycles. The Labute approximate surface area is 93.4 Å². The molecule has 0 saturated heterocycles. The molecule has 0 rings (SSSR count). The van der Waals surface area contributed by atoms with E-state index in [1.807, 2.05) is 6.92 Å². The lowest BCUT2D eigenvalue weighted by molar-refractivity contribution is 0.192. The Morgan fingerprint density at radius 1 is 1.36 bits per heavy atom. The number of rotatable bonds is 8. The van der Waals surface area contributed by atoms with E-state index in [0.29, 0.717) is 13.0 Å². The van der Waals surface area contributed by atoms with Crippen molar-refractivity contribution in [1.82, 2.24) is 4.90 Å². The van der Waals surface area contributed by atoms with E-state index in [1.165, 1.54) is 0 Å². The van der Waals surface area contributed by atoms with Gasteiger partial charge in [0.25, 0.3) is 0 Å². The van der Waals surface area contributed by atoms with Gasteiger partial charge in [0.2, 0.25) is 0 Å². The summed E-state index contributed by atoms with van der Waals surface area (Å²) in [5.41, 5.74) is 0.